The fraction of sp³-hybridized carbons (Fsp3) is 0.179. The van der Waals surface area contributed by atoms with E-state index in [0.717, 1.165) is 54.2 Å². The van der Waals surface area contributed by atoms with Crippen LogP contribution in [0, 0.1) is 0 Å². The summed E-state index contributed by atoms with van der Waals surface area (Å²) in [5.41, 5.74) is 3.93. The van der Waals surface area contributed by atoms with E-state index in [9.17, 15) is 19.8 Å². The summed E-state index contributed by atoms with van der Waals surface area (Å²) in [6, 6.07) is 11.9. The van der Waals surface area contributed by atoms with Crippen molar-refractivity contribution in [3.63, 3.8) is 0 Å². The molecule has 8 nitrogen and oxygen atoms in total. The van der Waals surface area contributed by atoms with Gasteiger partial charge < -0.3 is 24.4 Å². The smallest absolute Gasteiger partial charge is 0.253 e. The van der Waals surface area contributed by atoms with Gasteiger partial charge in [0.25, 0.3) is 5.91 Å². The number of allylic oxidation sites excluding steroid dienone is 1. The van der Waals surface area contributed by atoms with Gasteiger partial charge >= 0.3 is 0 Å². The number of ether oxygens (including phenoxy) is 1. The quantitative estimate of drug-likeness (QED) is 0.418. The molecule has 4 aromatic rings. The van der Waals surface area contributed by atoms with E-state index in [1.54, 1.807) is 12.3 Å². The zero-order chi connectivity index (χ0) is 25.0. The third-order valence-corrected chi connectivity index (χ3v) is 6.75. The topological polar surface area (TPSA) is 105 Å². The number of benzene rings is 2. The highest BCUT2D eigenvalue weighted by Gasteiger charge is 2.32. The molecule has 2 aliphatic rings. The Kier molecular flexibility index (Phi) is 5.03. The minimum Gasteiger partial charge on any atom is -0.508 e. The number of amides is 1. The van der Waals surface area contributed by atoms with Crippen LogP contribution in [-0.2, 0) is 7.05 Å². The number of hydrogen-bond acceptors (Lipinski definition) is 6. The van der Waals surface area contributed by atoms with Crippen LogP contribution in [0.2, 0.25) is 0 Å². The number of aryl methyl sites for hydroxylation is 1. The van der Waals surface area contributed by atoms with Crippen molar-refractivity contribution >= 4 is 28.8 Å². The lowest BCUT2D eigenvalue weighted by atomic mass is 9.99. The number of carbonyl (C=O) groups excluding carboxylic acids is 2. The third-order valence-electron chi connectivity index (χ3n) is 6.75. The van der Waals surface area contributed by atoms with Crippen molar-refractivity contribution in [1.29, 1.82) is 0 Å². The number of aromatic nitrogens is 2. The lowest BCUT2D eigenvalue weighted by molar-refractivity contribution is 0.0792. The molecule has 0 radical (unpaired) electrons. The summed E-state index contributed by atoms with van der Waals surface area (Å²) in [6.45, 7) is 1.60. The van der Waals surface area contributed by atoms with Crippen molar-refractivity contribution in [2.45, 2.75) is 12.8 Å². The number of carbonyl (C=O) groups is 2. The van der Waals surface area contributed by atoms with Crippen LogP contribution in [-0.4, -0.2) is 49.4 Å². The number of phenolic OH excluding ortho intramolecular Hbond substituents is 2. The number of phenols is 2. The normalized spacial score (nSPS) is 16.1. The van der Waals surface area contributed by atoms with Gasteiger partial charge in [-0.1, -0.05) is 12.1 Å². The number of nitrogens with zero attached hydrogens (tertiary/aromatic N) is 3. The van der Waals surface area contributed by atoms with Gasteiger partial charge in [-0.15, -0.1) is 0 Å². The van der Waals surface area contributed by atoms with E-state index in [-0.39, 0.29) is 34.5 Å². The van der Waals surface area contributed by atoms with Gasteiger partial charge in [0.05, 0.1) is 0 Å². The second-order valence-electron chi connectivity index (χ2n) is 9.11. The highest BCUT2D eigenvalue weighted by molar-refractivity contribution is 6.17. The van der Waals surface area contributed by atoms with Crippen molar-refractivity contribution in [2.24, 2.45) is 7.05 Å². The summed E-state index contributed by atoms with van der Waals surface area (Å²) in [4.78, 5) is 32.1. The molecule has 1 amide bonds. The maximum absolute atomic E-state index is 12.9. The predicted molar refractivity (Wildman–Crippen MR) is 134 cm³/mol. The van der Waals surface area contributed by atoms with Crippen molar-refractivity contribution in [2.75, 3.05) is 13.1 Å². The molecule has 4 heterocycles. The fourth-order valence-electron chi connectivity index (χ4n) is 5.00. The van der Waals surface area contributed by atoms with E-state index >= 15 is 0 Å². The van der Waals surface area contributed by atoms with E-state index in [1.807, 2.05) is 53.0 Å². The van der Waals surface area contributed by atoms with Crippen LogP contribution >= 0.6 is 0 Å². The molecule has 2 aromatic carbocycles. The molecule has 0 aliphatic carbocycles. The Morgan fingerprint density at radius 1 is 1.08 bits per heavy atom. The molecule has 6 rings (SSSR count). The van der Waals surface area contributed by atoms with Gasteiger partial charge in [-0.3, -0.25) is 9.59 Å². The Bertz CT molecular complexity index is 1580. The molecule has 1 fully saturated rings. The second kappa shape index (κ2) is 8.27. The minimum absolute atomic E-state index is 0.0240. The van der Waals surface area contributed by atoms with Gasteiger partial charge in [-0.2, -0.15) is 0 Å². The molecule has 2 aliphatic heterocycles. The highest BCUT2D eigenvalue weighted by atomic mass is 16.5. The van der Waals surface area contributed by atoms with Crippen molar-refractivity contribution in [3.05, 3.63) is 77.3 Å². The average molecular weight is 482 g/mol. The molecule has 1 saturated heterocycles. The Morgan fingerprint density at radius 2 is 1.83 bits per heavy atom. The molecule has 2 N–H and O–H groups in total. The largest absolute Gasteiger partial charge is 0.508 e. The van der Waals surface area contributed by atoms with Crippen LogP contribution in [0.3, 0.4) is 0 Å². The average Bonchev–Trinajstić information content (AvgIpc) is 3.58. The van der Waals surface area contributed by atoms with E-state index in [0.29, 0.717) is 11.1 Å². The van der Waals surface area contributed by atoms with E-state index < -0.39 is 5.78 Å². The van der Waals surface area contributed by atoms with Crippen molar-refractivity contribution in [1.82, 2.24) is 14.5 Å². The number of likely N-dealkylation sites (tertiary alicyclic amines) is 1. The van der Waals surface area contributed by atoms with Gasteiger partial charge in [0.2, 0.25) is 5.78 Å². The van der Waals surface area contributed by atoms with Crippen LogP contribution in [0.1, 0.15) is 39.1 Å². The van der Waals surface area contributed by atoms with Gasteiger partial charge in [-0.25, -0.2) is 4.98 Å². The molecule has 0 saturated carbocycles. The van der Waals surface area contributed by atoms with Crippen LogP contribution in [0.25, 0.3) is 28.2 Å². The lowest BCUT2D eigenvalue weighted by Gasteiger charge is -2.15. The maximum atomic E-state index is 12.9. The molecule has 0 bridgehead atoms. The van der Waals surface area contributed by atoms with Gasteiger partial charge in [0.1, 0.15) is 28.5 Å². The fourth-order valence-corrected chi connectivity index (χ4v) is 5.00. The van der Waals surface area contributed by atoms with Crippen LogP contribution in [0.5, 0.6) is 17.2 Å². The second-order valence-corrected chi connectivity index (χ2v) is 9.11. The van der Waals surface area contributed by atoms with Crippen molar-refractivity contribution < 1.29 is 24.5 Å². The molecule has 2 aromatic heterocycles. The first-order valence-electron chi connectivity index (χ1n) is 11.7. The monoisotopic (exact) mass is 481 g/mol. The molecular weight excluding hydrogens is 458 g/mol. The summed E-state index contributed by atoms with van der Waals surface area (Å²) in [5.74, 6) is -0.782. The molecular formula is C28H23N3O5. The van der Waals surface area contributed by atoms with Crippen LogP contribution in [0.4, 0.5) is 0 Å². The van der Waals surface area contributed by atoms with Crippen LogP contribution in [0.15, 0.2) is 60.6 Å². The Morgan fingerprint density at radius 3 is 2.58 bits per heavy atom. The predicted octanol–water partition coefficient (Wildman–Crippen LogP) is 4.50. The van der Waals surface area contributed by atoms with Gasteiger partial charge in [0, 0.05) is 61.2 Å². The molecule has 180 valence electrons. The number of Topliss-reactive ketones (excluding diaryl/α,β-unsaturated/α-hetero) is 1. The summed E-state index contributed by atoms with van der Waals surface area (Å²) in [5, 5.41) is 20.7. The molecule has 0 spiro atoms. The van der Waals surface area contributed by atoms with E-state index in [4.69, 9.17) is 4.74 Å². The molecule has 8 heteroatoms. The lowest BCUT2D eigenvalue weighted by Crippen LogP contribution is -2.27. The SMILES string of the molecule is Cn1cc(C=C2Oc3cc(O)cc(O)c3C2=O)c2c(-c3ccc(C(=O)N4CCCC4)cc3)ccnc21. The van der Waals surface area contributed by atoms with Gasteiger partial charge in [-0.05, 0) is 48.2 Å². The first-order chi connectivity index (χ1) is 17.4. The van der Waals surface area contributed by atoms with Crippen molar-refractivity contribution in [3.8, 4) is 28.4 Å². The standard InChI is InChI=1S/C28H23N3O5/c1-30-15-18(12-23-26(34)25-21(33)13-19(32)14-22(25)36-23)24-20(8-9-29-27(24)30)16-4-6-17(7-5-16)28(35)31-10-2-3-11-31/h4-9,12-15,32-33H,2-3,10-11H2,1H3. The summed E-state index contributed by atoms with van der Waals surface area (Å²) in [7, 11) is 1.87. The Labute approximate surface area is 206 Å². The first-order valence-corrected chi connectivity index (χ1v) is 11.7. The number of fused-ring (bicyclic) bond motifs is 2. The third kappa shape index (κ3) is 3.50. The molecule has 0 unspecified atom stereocenters. The minimum atomic E-state index is -0.463. The molecule has 36 heavy (non-hydrogen) atoms. The maximum Gasteiger partial charge on any atom is 0.253 e. The number of ketones is 1. The number of rotatable bonds is 3. The summed E-state index contributed by atoms with van der Waals surface area (Å²) >= 11 is 0. The zero-order valence-corrected chi connectivity index (χ0v) is 19.6. The van der Waals surface area contributed by atoms with Crippen LogP contribution < -0.4 is 4.74 Å². The number of aromatic hydroxyl groups is 2. The number of pyridine rings is 1. The Balaban J connectivity index is 1.41. The molecule has 0 atom stereocenters. The summed E-state index contributed by atoms with van der Waals surface area (Å²) < 4.78 is 7.57. The number of hydrogen-bond donors (Lipinski definition) is 2. The zero-order valence-electron chi connectivity index (χ0n) is 19.6. The highest BCUT2D eigenvalue weighted by Crippen LogP contribution is 2.41. The van der Waals surface area contributed by atoms with E-state index in [1.165, 1.54) is 6.07 Å². The van der Waals surface area contributed by atoms with E-state index in [2.05, 4.69) is 4.98 Å². The first kappa shape index (κ1) is 21.9. The Hall–Kier alpha value is -4.59. The van der Waals surface area contributed by atoms with Gasteiger partial charge in [0.15, 0.2) is 5.76 Å². The summed E-state index contributed by atoms with van der Waals surface area (Å²) in [6.07, 6.45) is 7.30.